The van der Waals surface area contributed by atoms with Crippen LogP contribution in [0.1, 0.15) is 27.0 Å². The number of Topliss-reactive ketones (excluding diaryl/α,β-unsaturated/α-hetero) is 1. The minimum Gasteiger partial charge on any atom is -0.496 e. The molecule has 0 aliphatic rings. The first kappa shape index (κ1) is 28.2. The Balaban J connectivity index is 1.23. The molecule has 0 amide bonds. The maximum Gasteiger partial charge on any atom is 0.417 e. The Bertz CT molecular complexity index is 1950. The number of methoxy groups -OCH3 is 2. The summed E-state index contributed by atoms with van der Waals surface area (Å²) in [6, 6.07) is 14.0. The maximum atomic E-state index is 13.5. The first-order chi connectivity index (χ1) is 20.6. The molecule has 0 unspecified atom stereocenters. The van der Waals surface area contributed by atoms with E-state index >= 15 is 0 Å². The highest BCUT2D eigenvalue weighted by Crippen LogP contribution is 2.38. The summed E-state index contributed by atoms with van der Waals surface area (Å²) in [5.74, 6) is -0.391. The topological polar surface area (TPSA) is 88.1 Å². The largest absolute Gasteiger partial charge is 0.496 e. The van der Waals surface area contributed by atoms with E-state index in [2.05, 4.69) is 10.1 Å². The predicted octanol–water partition coefficient (Wildman–Crippen LogP) is 7.38. The summed E-state index contributed by atoms with van der Waals surface area (Å²) in [5.41, 5.74) is 0.340. The Hall–Kier alpha value is -4.91. The summed E-state index contributed by atoms with van der Waals surface area (Å²) in [6.07, 6.45) is -3.45. The fourth-order valence-corrected chi connectivity index (χ4v) is 5.29. The summed E-state index contributed by atoms with van der Waals surface area (Å²) in [4.78, 5) is 18.0. The Morgan fingerprint density at radius 1 is 1.02 bits per heavy atom. The zero-order valence-electron chi connectivity index (χ0n) is 22.6. The number of rotatable bonds is 9. The lowest BCUT2D eigenvalue weighted by Gasteiger charge is -2.13. The van der Waals surface area contributed by atoms with Gasteiger partial charge in [-0.1, -0.05) is 24.3 Å². The lowest BCUT2D eigenvalue weighted by atomic mass is 9.97. The third-order valence-corrected chi connectivity index (χ3v) is 7.48. The number of aromatic nitrogens is 3. The van der Waals surface area contributed by atoms with Crippen LogP contribution in [0.4, 0.5) is 17.6 Å². The molecule has 0 spiro atoms. The average Bonchev–Trinajstić information content (AvgIpc) is 3.68. The highest BCUT2D eigenvalue weighted by molar-refractivity contribution is 7.18. The van der Waals surface area contributed by atoms with Gasteiger partial charge in [0.2, 0.25) is 4.96 Å². The Morgan fingerprint density at radius 2 is 1.84 bits per heavy atom. The molecule has 0 bridgehead atoms. The molecule has 6 rings (SSSR count). The van der Waals surface area contributed by atoms with Crippen LogP contribution in [0, 0.1) is 5.82 Å². The monoisotopic (exact) mass is 611 g/mol. The molecule has 3 aromatic carbocycles. The lowest BCUT2D eigenvalue weighted by molar-refractivity contribution is -0.138. The third-order valence-electron chi connectivity index (χ3n) is 6.60. The van der Waals surface area contributed by atoms with Crippen molar-refractivity contribution in [3.8, 4) is 28.1 Å². The minimum atomic E-state index is -4.87. The summed E-state index contributed by atoms with van der Waals surface area (Å²) in [7, 11) is 3.05. The van der Waals surface area contributed by atoms with Crippen molar-refractivity contribution in [2.24, 2.45) is 0 Å². The second-order valence-electron chi connectivity index (χ2n) is 9.47. The minimum absolute atomic E-state index is 0.0824. The highest BCUT2D eigenvalue weighted by Gasteiger charge is 2.35. The summed E-state index contributed by atoms with van der Waals surface area (Å²) >= 11 is 1.29. The van der Waals surface area contributed by atoms with Gasteiger partial charge in [0.25, 0.3) is 5.19 Å². The number of nitrogens with zero attached hydrogens (tertiary/aromatic N) is 3. The van der Waals surface area contributed by atoms with Crippen LogP contribution in [0.25, 0.3) is 27.4 Å². The van der Waals surface area contributed by atoms with E-state index in [9.17, 15) is 22.4 Å². The van der Waals surface area contributed by atoms with Gasteiger partial charge in [-0.15, -0.1) is 5.10 Å². The van der Waals surface area contributed by atoms with Gasteiger partial charge in [-0.05, 0) is 46.7 Å². The Kier molecular flexibility index (Phi) is 7.26. The van der Waals surface area contributed by atoms with Crippen LogP contribution in [-0.2, 0) is 19.2 Å². The second-order valence-corrected chi connectivity index (χ2v) is 10.4. The molecule has 0 aliphatic carbocycles. The van der Waals surface area contributed by atoms with Crippen LogP contribution < -0.4 is 14.2 Å². The second kappa shape index (κ2) is 11.1. The number of hydrogen-bond acceptors (Lipinski definition) is 8. The van der Waals surface area contributed by atoms with E-state index in [1.165, 1.54) is 25.6 Å². The number of ketones is 1. The van der Waals surface area contributed by atoms with Gasteiger partial charge >= 0.3 is 6.18 Å². The number of alkyl halides is 3. The van der Waals surface area contributed by atoms with Crippen LogP contribution >= 0.6 is 11.3 Å². The quantitative estimate of drug-likeness (QED) is 0.125. The molecule has 0 N–H and O–H groups in total. The SMILES string of the molecule is COc1cc(OCc2cccc(CC(=O)c3ccc(F)cc3C(F)(F)F)c2)c2cc(-c3cn4nc(OC)sc4n3)oc2c1. The molecule has 6 aromatic rings. The van der Waals surface area contributed by atoms with E-state index < -0.39 is 28.9 Å². The predicted molar refractivity (Wildman–Crippen MR) is 149 cm³/mol. The maximum absolute atomic E-state index is 13.5. The molecule has 0 saturated carbocycles. The summed E-state index contributed by atoms with van der Waals surface area (Å²) in [5, 5.41) is 5.43. The molecule has 43 heavy (non-hydrogen) atoms. The molecule has 3 heterocycles. The zero-order valence-corrected chi connectivity index (χ0v) is 23.4. The fraction of sp³-hybridized carbons (Fsp3) is 0.167. The van der Waals surface area contributed by atoms with E-state index in [1.807, 2.05) is 0 Å². The van der Waals surface area contributed by atoms with Gasteiger partial charge in [0.05, 0.1) is 31.4 Å². The van der Waals surface area contributed by atoms with Gasteiger partial charge < -0.3 is 18.6 Å². The third kappa shape index (κ3) is 5.75. The van der Waals surface area contributed by atoms with Gasteiger partial charge in [-0.3, -0.25) is 4.79 Å². The first-order valence-corrected chi connectivity index (χ1v) is 13.6. The highest BCUT2D eigenvalue weighted by atomic mass is 32.1. The van der Waals surface area contributed by atoms with Crippen LogP contribution in [0.2, 0.25) is 0 Å². The smallest absolute Gasteiger partial charge is 0.417 e. The zero-order chi connectivity index (χ0) is 30.3. The molecule has 0 radical (unpaired) electrons. The van der Waals surface area contributed by atoms with Crippen LogP contribution in [0.15, 0.2) is 71.3 Å². The number of imidazole rings is 1. The van der Waals surface area contributed by atoms with Gasteiger partial charge in [0, 0.05) is 24.1 Å². The number of ether oxygens (including phenoxy) is 3. The lowest BCUT2D eigenvalue weighted by Crippen LogP contribution is -2.15. The van der Waals surface area contributed by atoms with E-state index in [4.69, 9.17) is 18.6 Å². The molecular weight excluding hydrogens is 590 g/mol. The fourth-order valence-electron chi connectivity index (χ4n) is 4.59. The molecule has 0 fully saturated rings. The standard InChI is InChI=1S/C30H21F4N3O5S/c1-39-19-11-25(21-13-27(42-26(21)12-19)23-14-37-28(35-23)43-29(36-37)40-2)41-15-17-5-3-4-16(8-17)9-24(38)20-7-6-18(31)10-22(20)30(32,33)34/h3-8,10-14H,9,15H2,1-2H3. The van der Waals surface area contributed by atoms with E-state index in [0.717, 1.165) is 12.1 Å². The number of furan rings is 1. The number of carbonyl (C=O) groups excluding carboxylic acids is 1. The van der Waals surface area contributed by atoms with E-state index in [0.29, 0.717) is 61.3 Å². The van der Waals surface area contributed by atoms with Crippen LogP contribution in [0.3, 0.4) is 0 Å². The van der Waals surface area contributed by atoms with Crippen molar-refractivity contribution in [1.29, 1.82) is 0 Å². The molecule has 8 nitrogen and oxygen atoms in total. The molecule has 0 saturated heterocycles. The van der Waals surface area contributed by atoms with Crippen molar-refractivity contribution in [2.75, 3.05) is 14.2 Å². The van der Waals surface area contributed by atoms with Crippen LogP contribution in [-0.4, -0.2) is 34.6 Å². The molecule has 13 heteroatoms. The molecular formula is C30H21F4N3O5S. The van der Waals surface area contributed by atoms with Gasteiger partial charge in [0.15, 0.2) is 11.5 Å². The normalized spacial score (nSPS) is 11.8. The number of fused-ring (bicyclic) bond motifs is 2. The van der Waals surface area contributed by atoms with Gasteiger partial charge in [0.1, 0.15) is 35.2 Å². The van der Waals surface area contributed by atoms with Crippen LogP contribution in [0.5, 0.6) is 16.7 Å². The van der Waals surface area contributed by atoms with Crippen molar-refractivity contribution in [3.63, 3.8) is 0 Å². The van der Waals surface area contributed by atoms with E-state index in [1.54, 1.807) is 53.2 Å². The summed E-state index contributed by atoms with van der Waals surface area (Å²) in [6.45, 7) is 0.0824. The van der Waals surface area contributed by atoms with Crippen molar-refractivity contribution in [3.05, 3.63) is 94.9 Å². The Morgan fingerprint density at radius 3 is 2.58 bits per heavy atom. The van der Waals surface area contributed by atoms with Gasteiger partial charge in [-0.25, -0.2) is 13.9 Å². The number of benzene rings is 3. The first-order valence-electron chi connectivity index (χ1n) is 12.7. The summed E-state index contributed by atoms with van der Waals surface area (Å²) < 4.78 is 78.1. The number of hydrogen-bond donors (Lipinski definition) is 0. The Labute approximate surface area is 245 Å². The van der Waals surface area contributed by atoms with Crippen molar-refractivity contribution in [1.82, 2.24) is 14.6 Å². The molecule has 220 valence electrons. The van der Waals surface area contributed by atoms with Crippen molar-refractivity contribution in [2.45, 2.75) is 19.2 Å². The van der Waals surface area contributed by atoms with Crippen molar-refractivity contribution < 1.29 is 41.0 Å². The van der Waals surface area contributed by atoms with E-state index in [-0.39, 0.29) is 13.0 Å². The number of halogens is 4. The van der Waals surface area contributed by atoms with Crippen molar-refractivity contribution >= 4 is 33.1 Å². The van der Waals surface area contributed by atoms with Gasteiger partial charge in [-0.2, -0.15) is 13.2 Å². The molecule has 3 aromatic heterocycles. The number of carbonyl (C=O) groups is 1. The average molecular weight is 612 g/mol. The molecule has 0 aliphatic heterocycles. The molecule has 0 atom stereocenters.